The topological polar surface area (TPSA) is 80.5 Å². The molecule has 1 rings (SSSR count). The van der Waals surface area contributed by atoms with Crippen molar-refractivity contribution in [1.29, 1.82) is 0 Å². The maximum absolute atomic E-state index is 12.2. The fourth-order valence-corrected chi connectivity index (χ4v) is 3.78. The van der Waals surface area contributed by atoms with E-state index in [2.05, 4.69) is 0 Å². The monoisotopic (exact) mass is 278 g/mol. The maximum Gasteiger partial charge on any atom is 0.227 e. The summed E-state index contributed by atoms with van der Waals surface area (Å²) in [5, 5.41) is 0. The SMILES string of the molecule is CC(C)N(CC(N)=S)C(=O)C1CCS(=O)(=O)C1. The molecular weight excluding hydrogens is 260 g/mol. The van der Waals surface area contributed by atoms with Crippen LogP contribution in [0.1, 0.15) is 20.3 Å². The van der Waals surface area contributed by atoms with Crippen molar-refractivity contribution in [1.82, 2.24) is 4.90 Å². The van der Waals surface area contributed by atoms with E-state index in [4.69, 9.17) is 18.0 Å². The zero-order valence-corrected chi connectivity index (χ0v) is 11.7. The molecule has 0 radical (unpaired) electrons. The average Bonchev–Trinajstić information content (AvgIpc) is 2.53. The van der Waals surface area contributed by atoms with E-state index in [0.29, 0.717) is 6.42 Å². The number of hydrogen-bond donors (Lipinski definition) is 1. The van der Waals surface area contributed by atoms with Crippen LogP contribution < -0.4 is 5.73 Å². The van der Waals surface area contributed by atoms with Gasteiger partial charge < -0.3 is 10.6 Å². The Balaban J connectivity index is 2.76. The Bertz CT molecular complexity index is 417. The summed E-state index contributed by atoms with van der Waals surface area (Å²) < 4.78 is 22.7. The fourth-order valence-electron chi connectivity index (χ4n) is 1.91. The van der Waals surface area contributed by atoms with Crippen LogP contribution in [0.2, 0.25) is 0 Å². The van der Waals surface area contributed by atoms with Crippen LogP contribution in [-0.4, -0.2) is 48.3 Å². The molecule has 98 valence electrons. The lowest BCUT2D eigenvalue weighted by atomic mass is 10.1. The molecule has 0 spiro atoms. The van der Waals surface area contributed by atoms with Crippen molar-refractivity contribution in [2.24, 2.45) is 11.7 Å². The summed E-state index contributed by atoms with van der Waals surface area (Å²) in [5.74, 6) is -0.542. The molecule has 1 aliphatic rings. The third-order valence-electron chi connectivity index (χ3n) is 2.81. The normalized spacial score (nSPS) is 22.6. The Kier molecular flexibility index (Phi) is 4.48. The van der Waals surface area contributed by atoms with E-state index in [1.54, 1.807) is 4.90 Å². The molecule has 0 bridgehead atoms. The third kappa shape index (κ3) is 3.92. The van der Waals surface area contributed by atoms with Crippen LogP contribution in [0.15, 0.2) is 0 Å². The number of sulfone groups is 1. The van der Waals surface area contributed by atoms with Crippen molar-refractivity contribution >= 4 is 33.0 Å². The number of rotatable bonds is 4. The summed E-state index contributed by atoms with van der Waals surface area (Å²) in [6.07, 6.45) is 0.404. The van der Waals surface area contributed by atoms with Gasteiger partial charge in [0.05, 0.1) is 29.0 Å². The quantitative estimate of drug-likeness (QED) is 0.729. The molecule has 0 aliphatic carbocycles. The van der Waals surface area contributed by atoms with Crippen LogP contribution in [-0.2, 0) is 14.6 Å². The van der Waals surface area contributed by atoms with Gasteiger partial charge in [0.1, 0.15) is 0 Å². The number of amides is 1. The van der Waals surface area contributed by atoms with Crippen molar-refractivity contribution in [3.63, 3.8) is 0 Å². The lowest BCUT2D eigenvalue weighted by molar-refractivity contribution is -0.135. The number of nitrogens with zero attached hydrogens (tertiary/aromatic N) is 1. The number of carbonyl (C=O) groups is 1. The first-order chi connectivity index (χ1) is 7.73. The summed E-state index contributed by atoms with van der Waals surface area (Å²) in [6.45, 7) is 3.93. The maximum atomic E-state index is 12.2. The highest BCUT2D eigenvalue weighted by Gasteiger charge is 2.36. The molecule has 1 heterocycles. The first-order valence-corrected chi connectivity index (χ1v) is 7.75. The van der Waals surface area contributed by atoms with E-state index in [1.807, 2.05) is 13.8 Å². The van der Waals surface area contributed by atoms with Crippen LogP contribution >= 0.6 is 12.2 Å². The number of carbonyl (C=O) groups excluding carboxylic acids is 1. The van der Waals surface area contributed by atoms with E-state index in [1.165, 1.54) is 0 Å². The predicted molar refractivity (Wildman–Crippen MR) is 70.4 cm³/mol. The number of hydrogen-bond acceptors (Lipinski definition) is 4. The van der Waals surface area contributed by atoms with Crippen LogP contribution in [0.3, 0.4) is 0 Å². The van der Waals surface area contributed by atoms with E-state index < -0.39 is 15.8 Å². The van der Waals surface area contributed by atoms with Crippen LogP contribution in [0.4, 0.5) is 0 Å². The minimum Gasteiger partial charge on any atom is -0.392 e. The van der Waals surface area contributed by atoms with Gasteiger partial charge in [-0.3, -0.25) is 4.79 Å². The lowest BCUT2D eigenvalue weighted by Crippen LogP contribution is -2.45. The molecule has 5 nitrogen and oxygen atoms in total. The molecule has 1 saturated heterocycles. The van der Waals surface area contributed by atoms with Crippen molar-refractivity contribution in [2.75, 3.05) is 18.1 Å². The Morgan fingerprint density at radius 1 is 1.53 bits per heavy atom. The van der Waals surface area contributed by atoms with E-state index in [-0.39, 0.29) is 35.0 Å². The molecule has 0 saturated carbocycles. The molecular formula is C10H18N2O3S2. The minimum atomic E-state index is -3.04. The molecule has 0 aromatic heterocycles. The lowest BCUT2D eigenvalue weighted by Gasteiger charge is -2.28. The Hall–Kier alpha value is -0.690. The molecule has 0 aromatic carbocycles. The van der Waals surface area contributed by atoms with Gasteiger partial charge in [0, 0.05) is 6.04 Å². The van der Waals surface area contributed by atoms with Crippen molar-refractivity contribution in [3.8, 4) is 0 Å². The van der Waals surface area contributed by atoms with E-state index >= 15 is 0 Å². The van der Waals surface area contributed by atoms with Gasteiger partial charge in [-0.05, 0) is 20.3 Å². The second-order valence-electron chi connectivity index (χ2n) is 4.63. The van der Waals surface area contributed by atoms with Gasteiger partial charge in [-0.25, -0.2) is 8.42 Å². The van der Waals surface area contributed by atoms with Gasteiger partial charge in [-0.2, -0.15) is 0 Å². The first-order valence-electron chi connectivity index (χ1n) is 5.52. The summed E-state index contributed by atoms with van der Waals surface area (Å²) in [5.41, 5.74) is 5.44. The fraction of sp³-hybridized carbons (Fsp3) is 0.800. The van der Waals surface area contributed by atoms with E-state index in [9.17, 15) is 13.2 Å². The summed E-state index contributed by atoms with van der Waals surface area (Å²) in [4.78, 5) is 13.9. The third-order valence-corrected chi connectivity index (χ3v) is 4.71. The van der Waals surface area contributed by atoms with Gasteiger partial charge in [-0.1, -0.05) is 12.2 Å². The van der Waals surface area contributed by atoms with Crippen molar-refractivity contribution < 1.29 is 13.2 Å². The number of thiocarbonyl (C=S) groups is 1. The van der Waals surface area contributed by atoms with Crippen molar-refractivity contribution in [2.45, 2.75) is 26.3 Å². The molecule has 1 atom stereocenters. The van der Waals surface area contributed by atoms with Gasteiger partial charge in [-0.15, -0.1) is 0 Å². The molecule has 1 amide bonds. The zero-order valence-electron chi connectivity index (χ0n) is 10.0. The average molecular weight is 278 g/mol. The molecule has 1 aliphatic heterocycles. The standard InChI is InChI=1S/C10H18N2O3S2/c1-7(2)12(5-9(11)16)10(13)8-3-4-17(14,15)6-8/h7-8H,3-6H2,1-2H3,(H2,11,16). The molecule has 17 heavy (non-hydrogen) atoms. The molecule has 1 unspecified atom stereocenters. The zero-order chi connectivity index (χ0) is 13.2. The van der Waals surface area contributed by atoms with Gasteiger partial charge in [0.25, 0.3) is 0 Å². The molecule has 0 aromatic rings. The summed E-state index contributed by atoms with van der Waals surface area (Å²) in [6, 6.07) is -0.0349. The van der Waals surface area contributed by atoms with E-state index in [0.717, 1.165) is 0 Å². The second-order valence-corrected chi connectivity index (χ2v) is 7.38. The second kappa shape index (κ2) is 5.30. The predicted octanol–water partition coefficient (Wildman–Crippen LogP) is -0.0558. The highest BCUT2D eigenvalue weighted by molar-refractivity contribution is 7.91. The summed E-state index contributed by atoms with van der Waals surface area (Å²) in [7, 11) is -3.04. The Morgan fingerprint density at radius 3 is 2.47 bits per heavy atom. The minimum absolute atomic E-state index is 0.0349. The molecule has 2 N–H and O–H groups in total. The van der Waals surface area contributed by atoms with Gasteiger partial charge >= 0.3 is 0 Å². The highest BCUT2D eigenvalue weighted by Crippen LogP contribution is 2.21. The Morgan fingerprint density at radius 2 is 2.12 bits per heavy atom. The van der Waals surface area contributed by atoms with Crippen LogP contribution in [0.5, 0.6) is 0 Å². The van der Waals surface area contributed by atoms with Crippen LogP contribution in [0.25, 0.3) is 0 Å². The largest absolute Gasteiger partial charge is 0.392 e. The van der Waals surface area contributed by atoms with Crippen molar-refractivity contribution in [3.05, 3.63) is 0 Å². The van der Waals surface area contributed by atoms with Gasteiger partial charge in [0.15, 0.2) is 9.84 Å². The highest BCUT2D eigenvalue weighted by atomic mass is 32.2. The van der Waals surface area contributed by atoms with Gasteiger partial charge in [0.2, 0.25) is 5.91 Å². The first kappa shape index (κ1) is 14.4. The Labute approximate surface area is 107 Å². The summed E-state index contributed by atoms with van der Waals surface area (Å²) >= 11 is 4.80. The smallest absolute Gasteiger partial charge is 0.227 e. The number of nitrogens with two attached hydrogens (primary N) is 1. The molecule has 7 heteroatoms. The molecule has 1 fully saturated rings. The van der Waals surface area contributed by atoms with Crippen LogP contribution in [0, 0.1) is 5.92 Å².